The van der Waals surface area contributed by atoms with Gasteiger partial charge in [-0.25, -0.2) is 0 Å². The molecule has 0 amide bonds. The molecule has 0 saturated heterocycles. The molecule has 0 aliphatic rings. The Kier molecular flexibility index (Phi) is 3.67. The third kappa shape index (κ3) is 2.35. The van der Waals surface area contributed by atoms with Crippen molar-refractivity contribution in [1.29, 1.82) is 0 Å². The Morgan fingerprint density at radius 2 is 1.82 bits per heavy atom. The molecule has 0 aliphatic carbocycles. The molecule has 0 spiro atoms. The molecule has 57 valence electrons. The van der Waals surface area contributed by atoms with Crippen LogP contribution in [0.1, 0.15) is 11.1 Å². The normalized spacial score (nSPS) is 10.0. The minimum atomic E-state index is 0.613. The number of benzene rings is 1. The molecule has 11 heavy (non-hydrogen) atoms. The van der Waals surface area contributed by atoms with Gasteiger partial charge in [0, 0.05) is 16.1 Å². The van der Waals surface area contributed by atoms with E-state index in [9.17, 15) is 0 Å². The minimum Gasteiger partial charge on any atom is -0.122 e. The van der Waals surface area contributed by atoms with Gasteiger partial charge in [0.1, 0.15) is 0 Å². The predicted molar refractivity (Wildman–Crippen MR) is 50.3 cm³/mol. The summed E-state index contributed by atoms with van der Waals surface area (Å²) < 4.78 is 0. The highest BCUT2D eigenvalue weighted by Gasteiger charge is 1.97. The monoisotopic (exact) mass is 181 g/mol. The van der Waals surface area contributed by atoms with E-state index in [2.05, 4.69) is 22.4 Å². The second-order valence-corrected chi connectivity index (χ2v) is 3.17. The van der Waals surface area contributed by atoms with Gasteiger partial charge in [-0.1, -0.05) is 30.3 Å². The van der Waals surface area contributed by atoms with Gasteiger partial charge in [0.25, 0.3) is 0 Å². The Bertz CT molecular complexity index is 223. The van der Waals surface area contributed by atoms with Crippen LogP contribution in [-0.2, 0) is 12.3 Å². The van der Waals surface area contributed by atoms with E-state index < -0.39 is 0 Å². The summed E-state index contributed by atoms with van der Waals surface area (Å²) in [6.45, 7) is 0. The first-order valence-electron chi connectivity index (χ1n) is 3.66. The van der Waals surface area contributed by atoms with Crippen LogP contribution in [-0.4, -0.2) is 10.2 Å². The summed E-state index contributed by atoms with van der Waals surface area (Å²) in [5.41, 5.74) is 2.59. The summed E-state index contributed by atoms with van der Waals surface area (Å²) >= 11 is 5.75. The summed E-state index contributed by atoms with van der Waals surface area (Å²) in [4.78, 5) is 0. The molecule has 0 nitrogen and oxygen atoms in total. The zero-order chi connectivity index (χ0) is 8.10. The first-order valence-corrected chi connectivity index (χ1v) is 4.90. The number of rotatable bonds is 3. The highest BCUT2D eigenvalue weighted by atomic mass is 35.5. The Morgan fingerprint density at radius 3 is 2.36 bits per heavy atom. The first-order chi connectivity index (χ1) is 5.38. The molecule has 0 saturated carbocycles. The van der Waals surface area contributed by atoms with Crippen LogP contribution in [0.5, 0.6) is 0 Å². The summed E-state index contributed by atoms with van der Waals surface area (Å²) in [6.07, 6.45) is 1.06. The molecular weight excluding hydrogens is 172 g/mol. The van der Waals surface area contributed by atoms with Crippen LogP contribution in [0.3, 0.4) is 0 Å². The van der Waals surface area contributed by atoms with Crippen molar-refractivity contribution in [3.8, 4) is 0 Å². The van der Waals surface area contributed by atoms with Crippen LogP contribution < -0.4 is 0 Å². The maximum Gasteiger partial charge on any atom is 0.0476 e. The molecule has 1 aromatic rings. The highest BCUT2D eigenvalue weighted by molar-refractivity contribution is 6.17. The molecule has 2 heteroatoms. The molecule has 1 rings (SSSR count). The summed E-state index contributed by atoms with van der Waals surface area (Å²) in [5.74, 6) is 0.613. The number of aryl methyl sites for hydroxylation is 1. The van der Waals surface area contributed by atoms with Crippen molar-refractivity contribution in [2.24, 2.45) is 0 Å². The van der Waals surface area contributed by atoms with Gasteiger partial charge in [0.2, 0.25) is 0 Å². The third-order valence-electron chi connectivity index (χ3n) is 1.66. The van der Waals surface area contributed by atoms with Crippen molar-refractivity contribution in [3.05, 3.63) is 35.4 Å². The van der Waals surface area contributed by atoms with E-state index in [1.807, 2.05) is 12.1 Å². The van der Waals surface area contributed by atoms with Crippen LogP contribution in [0.4, 0.5) is 0 Å². The summed E-state index contributed by atoms with van der Waals surface area (Å²) in [7, 11) is 3.45. The molecule has 0 fully saturated rings. The van der Waals surface area contributed by atoms with Gasteiger partial charge < -0.3 is 0 Å². The second-order valence-electron chi connectivity index (χ2n) is 2.40. The summed E-state index contributed by atoms with van der Waals surface area (Å²) in [6, 6.07) is 9.26. The van der Waals surface area contributed by atoms with Crippen molar-refractivity contribution < 1.29 is 0 Å². The fraction of sp³-hybridized carbons (Fsp3) is 0.333. The van der Waals surface area contributed by atoms with Crippen LogP contribution in [0.15, 0.2) is 24.3 Å². The average molecular weight is 182 g/mol. The maximum absolute atomic E-state index is 5.75. The molecule has 0 bridgehead atoms. The lowest BCUT2D eigenvalue weighted by atomic mass is 10.1. The topological polar surface area (TPSA) is 0 Å². The van der Waals surface area contributed by atoms with Gasteiger partial charge in [-0.05, 0) is 17.5 Å². The Labute approximate surface area is 76.0 Å². The van der Waals surface area contributed by atoms with E-state index in [4.69, 9.17) is 11.6 Å². The van der Waals surface area contributed by atoms with Crippen molar-refractivity contribution >= 4 is 21.8 Å². The zero-order valence-electron chi connectivity index (χ0n) is 6.31. The third-order valence-corrected chi connectivity index (χ3v) is 2.19. The van der Waals surface area contributed by atoms with Crippen molar-refractivity contribution in [3.63, 3.8) is 0 Å². The summed E-state index contributed by atoms with van der Waals surface area (Å²) in [5, 5.41) is 0. The predicted octanol–water partition coefficient (Wildman–Crippen LogP) is 2.55. The molecule has 1 aromatic carbocycles. The fourth-order valence-corrected chi connectivity index (χ4v) is 1.60. The highest BCUT2D eigenvalue weighted by Crippen LogP contribution is 2.12. The molecule has 0 heterocycles. The molecule has 0 aliphatic heterocycles. The van der Waals surface area contributed by atoms with E-state index >= 15 is 0 Å². The molecule has 0 aromatic heterocycles. The largest absolute Gasteiger partial charge is 0.122 e. The van der Waals surface area contributed by atoms with E-state index in [-0.39, 0.29) is 0 Å². The molecule has 0 N–H and O–H groups in total. The Morgan fingerprint density at radius 1 is 1.18 bits per heavy atom. The van der Waals surface area contributed by atoms with Gasteiger partial charge in [0.05, 0.1) is 0 Å². The van der Waals surface area contributed by atoms with Crippen molar-refractivity contribution in [2.75, 3.05) is 0 Å². The van der Waals surface area contributed by atoms with Crippen molar-refractivity contribution in [1.82, 2.24) is 0 Å². The van der Waals surface area contributed by atoms with E-state index in [0.29, 0.717) is 5.88 Å². The second kappa shape index (κ2) is 4.57. The van der Waals surface area contributed by atoms with Gasteiger partial charge in [0.15, 0.2) is 0 Å². The van der Waals surface area contributed by atoms with Crippen LogP contribution in [0.25, 0.3) is 0 Å². The number of alkyl halides is 1. The van der Waals surface area contributed by atoms with Gasteiger partial charge >= 0.3 is 0 Å². The number of hydrogen-bond acceptors (Lipinski definition) is 0. The quantitative estimate of drug-likeness (QED) is 0.497. The standard InChI is InChI=1S/C9H10ClSi/c10-7-9-4-2-1-3-8(9)5-6-11/h1-4H,5-7H2. The lowest BCUT2D eigenvalue weighted by molar-refractivity contribution is 1.09. The van der Waals surface area contributed by atoms with Crippen LogP contribution in [0.2, 0.25) is 6.04 Å². The van der Waals surface area contributed by atoms with Gasteiger partial charge in [-0.2, -0.15) is 0 Å². The lowest BCUT2D eigenvalue weighted by Crippen LogP contribution is -1.90. The molecular formula is C9H10ClSi. The fourth-order valence-electron chi connectivity index (χ4n) is 1.07. The SMILES string of the molecule is [Si]CCc1ccccc1CCl. The van der Waals surface area contributed by atoms with E-state index in [1.165, 1.54) is 11.1 Å². The first kappa shape index (κ1) is 8.82. The lowest BCUT2D eigenvalue weighted by Gasteiger charge is -2.03. The maximum atomic E-state index is 5.75. The smallest absolute Gasteiger partial charge is 0.0476 e. The molecule has 0 atom stereocenters. The molecule has 0 unspecified atom stereocenters. The minimum absolute atomic E-state index is 0.613. The average Bonchev–Trinajstić information content (AvgIpc) is 2.06. The van der Waals surface area contributed by atoms with Gasteiger partial charge in [-0.3, -0.25) is 0 Å². The zero-order valence-corrected chi connectivity index (χ0v) is 8.06. The molecule has 3 radical (unpaired) electrons. The Hall–Kier alpha value is -0.273. The number of hydrogen-bond donors (Lipinski definition) is 0. The van der Waals surface area contributed by atoms with Gasteiger partial charge in [-0.15, -0.1) is 11.6 Å². The number of halogens is 1. The van der Waals surface area contributed by atoms with Crippen LogP contribution in [0, 0.1) is 0 Å². The van der Waals surface area contributed by atoms with E-state index in [1.54, 1.807) is 0 Å². The van der Waals surface area contributed by atoms with E-state index in [0.717, 1.165) is 12.5 Å². The van der Waals surface area contributed by atoms with Crippen LogP contribution >= 0.6 is 11.6 Å². The van der Waals surface area contributed by atoms with Crippen molar-refractivity contribution in [2.45, 2.75) is 18.3 Å². The Balaban J connectivity index is 2.83.